The van der Waals surface area contributed by atoms with Crippen molar-refractivity contribution in [3.63, 3.8) is 0 Å². The second-order valence-corrected chi connectivity index (χ2v) is 6.55. The Morgan fingerprint density at radius 1 is 1.20 bits per heavy atom. The highest BCUT2D eigenvalue weighted by Gasteiger charge is 2.75. The molecular formula is C15H28O10. The molecule has 1 aliphatic heterocycles. The van der Waals surface area contributed by atoms with Gasteiger partial charge in [0.1, 0.15) is 36.1 Å². The Balaban J connectivity index is 2.17. The Labute approximate surface area is 145 Å². The largest absolute Gasteiger partial charge is 0.394 e. The maximum absolute atomic E-state index is 10.3. The van der Waals surface area contributed by atoms with Crippen LogP contribution in [-0.4, -0.2) is 111 Å². The lowest BCUT2D eigenvalue weighted by Gasteiger charge is -2.39. The molecule has 1 saturated carbocycles. The van der Waals surface area contributed by atoms with E-state index in [2.05, 4.69) is 0 Å². The first-order valence-electron chi connectivity index (χ1n) is 8.27. The van der Waals surface area contributed by atoms with E-state index in [1.165, 1.54) is 7.11 Å². The van der Waals surface area contributed by atoms with Crippen LogP contribution in [0.1, 0.15) is 13.3 Å². The minimum absolute atomic E-state index is 0.206. The Morgan fingerprint density at radius 2 is 1.84 bits per heavy atom. The van der Waals surface area contributed by atoms with Gasteiger partial charge in [-0.15, -0.1) is 0 Å². The number of hydrogen-bond donors (Lipinski definition) is 7. The average molecular weight is 368 g/mol. The van der Waals surface area contributed by atoms with Crippen LogP contribution in [0.4, 0.5) is 0 Å². The summed E-state index contributed by atoms with van der Waals surface area (Å²) >= 11 is 0. The molecule has 0 spiro atoms. The molecule has 2 aliphatic rings. The lowest BCUT2D eigenvalue weighted by atomic mass is 10.00. The molecule has 9 unspecified atom stereocenters. The van der Waals surface area contributed by atoms with Crippen molar-refractivity contribution < 1.29 is 50.0 Å². The molecule has 0 bridgehead atoms. The van der Waals surface area contributed by atoms with Gasteiger partial charge in [0.15, 0.2) is 6.29 Å². The summed E-state index contributed by atoms with van der Waals surface area (Å²) in [5.41, 5.74) is -1.76. The number of aliphatic hydroxyl groups is 7. The van der Waals surface area contributed by atoms with E-state index in [1.807, 2.05) is 0 Å². The molecule has 0 radical (unpaired) electrons. The molecule has 0 aromatic carbocycles. The lowest BCUT2D eigenvalue weighted by molar-refractivity contribution is -0.308. The number of hydrogen-bond acceptors (Lipinski definition) is 10. The predicted octanol–water partition coefficient (Wildman–Crippen LogP) is -3.69. The summed E-state index contributed by atoms with van der Waals surface area (Å²) in [4.78, 5) is 0. The minimum Gasteiger partial charge on any atom is -0.394 e. The molecule has 25 heavy (non-hydrogen) atoms. The molecule has 2 rings (SSSR count). The van der Waals surface area contributed by atoms with E-state index in [9.17, 15) is 35.7 Å². The molecule has 0 aromatic rings. The smallest absolute Gasteiger partial charge is 0.185 e. The molecule has 148 valence electrons. The van der Waals surface area contributed by atoms with Crippen molar-refractivity contribution in [1.29, 1.82) is 0 Å². The molecule has 1 aliphatic carbocycles. The summed E-state index contributed by atoms with van der Waals surface area (Å²) in [5.74, 6) is -0.979. The normalized spacial score (nSPS) is 42.4. The average Bonchev–Trinajstić information content (AvgIpc) is 3.18. The fraction of sp³-hybridized carbons (Fsp3) is 1.00. The Hall–Kier alpha value is -0.400. The standard InChI is InChI=1S/C15H28O10/c1-3-6(18)10(19)12(7(4-16)23-2)25-14-11(20)9-13(21)15(9,22)8(5-17)24-14/h6-14,16-22H,3-5H2,1-2H3/t6?,7?,8?,9?,10?,11?,12?,13?,14-,15?/m1/s1. The first-order chi connectivity index (χ1) is 11.8. The van der Waals surface area contributed by atoms with Gasteiger partial charge in [-0.1, -0.05) is 6.92 Å². The molecule has 7 N–H and O–H groups in total. The van der Waals surface area contributed by atoms with Crippen LogP contribution >= 0.6 is 0 Å². The molecule has 2 fully saturated rings. The Kier molecular flexibility index (Phi) is 6.77. The molecule has 0 amide bonds. The molecule has 1 saturated heterocycles. The third-order valence-corrected chi connectivity index (χ3v) is 5.16. The fourth-order valence-corrected chi connectivity index (χ4v) is 3.41. The zero-order valence-electron chi connectivity index (χ0n) is 14.2. The topological polar surface area (TPSA) is 169 Å². The monoisotopic (exact) mass is 368 g/mol. The Bertz CT molecular complexity index is 429. The maximum atomic E-state index is 10.3. The van der Waals surface area contributed by atoms with Gasteiger partial charge >= 0.3 is 0 Å². The number of fused-ring (bicyclic) bond motifs is 1. The zero-order chi connectivity index (χ0) is 18.9. The van der Waals surface area contributed by atoms with E-state index in [0.29, 0.717) is 0 Å². The van der Waals surface area contributed by atoms with Crippen molar-refractivity contribution in [2.45, 2.75) is 68.0 Å². The van der Waals surface area contributed by atoms with Gasteiger partial charge in [-0.25, -0.2) is 0 Å². The van der Waals surface area contributed by atoms with Gasteiger partial charge in [-0.2, -0.15) is 0 Å². The van der Waals surface area contributed by atoms with E-state index in [0.717, 1.165) is 0 Å². The van der Waals surface area contributed by atoms with E-state index in [1.54, 1.807) is 6.92 Å². The first-order valence-corrected chi connectivity index (χ1v) is 8.27. The van der Waals surface area contributed by atoms with E-state index in [4.69, 9.17) is 14.2 Å². The highest BCUT2D eigenvalue weighted by atomic mass is 16.7. The van der Waals surface area contributed by atoms with Crippen LogP contribution in [0.3, 0.4) is 0 Å². The number of ether oxygens (including phenoxy) is 3. The van der Waals surface area contributed by atoms with Crippen molar-refractivity contribution in [2.24, 2.45) is 5.92 Å². The third kappa shape index (κ3) is 3.56. The summed E-state index contributed by atoms with van der Waals surface area (Å²) in [6.45, 7) is 0.492. The van der Waals surface area contributed by atoms with Crippen LogP contribution in [0.15, 0.2) is 0 Å². The first kappa shape index (κ1) is 20.9. The van der Waals surface area contributed by atoms with Crippen LogP contribution in [-0.2, 0) is 14.2 Å². The predicted molar refractivity (Wildman–Crippen MR) is 81.3 cm³/mol. The highest BCUT2D eigenvalue weighted by molar-refractivity contribution is 5.22. The van der Waals surface area contributed by atoms with Gasteiger partial charge in [0.05, 0.1) is 31.3 Å². The van der Waals surface area contributed by atoms with Crippen LogP contribution in [0.5, 0.6) is 0 Å². The van der Waals surface area contributed by atoms with E-state index in [-0.39, 0.29) is 6.42 Å². The van der Waals surface area contributed by atoms with Gasteiger partial charge in [-0.05, 0) is 6.42 Å². The van der Waals surface area contributed by atoms with Crippen molar-refractivity contribution in [3.05, 3.63) is 0 Å². The summed E-state index contributed by atoms with van der Waals surface area (Å²) < 4.78 is 16.0. The van der Waals surface area contributed by atoms with Gasteiger partial charge in [0.2, 0.25) is 0 Å². The van der Waals surface area contributed by atoms with Crippen LogP contribution in [0.25, 0.3) is 0 Å². The summed E-state index contributed by atoms with van der Waals surface area (Å²) in [5, 5.41) is 69.3. The SMILES string of the molecule is CCC(O)C(O)C(O[C@H]1OC(CO)C2(O)C(O)C2C1O)C(CO)OC. The van der Waals surface area contributed by atoms with Crippen LogP contribution < -0.4 is 0 Å². The van der Waals surface area contributed by atoms with Crippen LogP contribution in [0.2, 0.25) is 0 Å². The minimum atomic E-state index is -1.76. The summed E-state index contributed by atoms with van der Waals surface area (Å²) in [6.07, 6.45) is -10.0. The molecule has 10 atom stereocenters. The quantitative estimate of drug-likeness (QED) is 0.215. The summed E-state index contributed by atoms with van der Waals surface area (Å²) in [6, 6.07) is 0. The van der Waals surface area contributed by atoms with E-state index >= 15 is 0 Å². The van der Waals surface area contributed by atoms with Crippen molar-refractivity contribution in [1.82, 2.24) is 0 Å². The number of rotatable bonds is 9. The molecule has 0 aromatic heterocycles. The van der Waals surface area contributed by atoms with Crippen LogP contribution in [0, 0.1) is 5.92 Å². The Morgan fingerprint density at radius 3 is 2.32 bits per heavy atom. The summed E-state index contributed by atoms with van der Waals surface area (Å²) in [7, 11) is 1.28. The van der Waals surface area contributed by atoms with Crippen molar-refractivity contribution in [3.8, 4) is 0 Å². The third-order valence-electron chi connectivity index (χ3n) is 5.16. The second-order valence-electron chi connectivity index (χ2n) is 6.55. The fourth-order valence-electron chi connectivity index (χ4n) is 3.41. The van der Waals surface area contributed by atoms with E-state index < -0.39 is 73.8 Å². The van der Waals surface area contributed by atoms with Gasteiger partial charge in [-0.3, -0.25) is 0 Å². The second kappa shape index (κ2) is 8.09. The molecule has 10 nitrogen and oxygen atoms in total. The number of methoxy groups -OCH3 is 1. The van der Waals surface area contributed by atoms with Gasteiger partial charge < -0.3 is 50.0 Å². The lowest BCUT2D eigenvalue weighted by Crippen LogP contribution is -2.56. The zero-order valence-corrected chi connectivity index (χ0v) is 14.2. The highest BCUT2D eigenvalue weighted by Crippen LogP contribution is 2.54. The molecular weight excluding hydrogens is 340 g/mol. The van der Waals surface area contributed by atoms with Gasteiger partial charge in [0, 0.05) is 7.11 Å². The van der Waals surface area contributed by atoms with Gasteiger partial charge in [0.25, 0.3) is 0 Å². The van der Waals surface area contributed by atoms with Crippen molar-refractivity contribution in [2.75, 3.05) is 20.3 Å². The number of aliphatic hydroxyl groups excluding tert-OH is 6. The molecule has 1 heterocycles. The molecule has 10 heteroatoms. The maximum Gasteiger partial charge on any atom is 0.185 e. The van der Waals surface area contributed by atoms with Crippen molar-refractivity contribution >= 4 is 0 Å².